The third kappa shape index (κ3) is 15.2. The van der Waals surface area contributed by atoms with Crippen LogP contribution in [0, 0.1) is 35.2 Å². The maximum absolute atomic E-state index is 15.2. The van der Waals surface area contributed by atoms with Crippen LogP contribution in [0.1, 0.15) is 134 Å². The molecule has 5 saturated heterocycles. The summed E-state index contributed by atoms with van der Waals surface area (Å²) in [4.78, 5) is 109. The van der Waals surface area contributed by atoms with Gasteiger partial charge in [0.1, 0.15) is 35.6 Å². The van der Waals surface area contributed by atoms with Gasteiger partial charge in [-0.25, -0.2) is 23.1 Å². The number of piperazine rings is 2. The molecule has 2 saturated carbocycles. The van der Waals surface area contributed by atoms with Crippen LogP contribution in [0.5, 0.6) is 0 Å². The lowest BCUT2D eigenvalue weighted by atomic mass is 9.71. The smallest absolute Gasteiger partial charge is 0.411 e. The monoisotopic (exact) mass is 1220 g/mol. The quantitative estimate of drug-likeness (QED) is 0.0974. The minimum Gasteiger partial charge on any atom is -0.444 e. The van der Waals surface area contributed by atoms with Crippen molar-refractivity contribution in [1.82, 2.24) is 49.8 Å². The van der Waals surface area contributed by atoms with E-state index in [0.717, 1.165) is 113 Å². The Morgan fingerprint density at radius 3 is 2.19 bits per heavy atom. The van der Waals surface area contributed by atoms with Gasteiger partial charge in [0, 0.05) is 119 Å². The van der Waals surface area contributed by atoms with Crippen molar-refractivity contribution in [2.45, 2.75) is 122 Å². The van der Waals surface area contributed by atoms with Crippen LogP contribution in [0.2, 0.25) is 0 Å². The molecule has 0 radical (unpaired) electrons. The molecule has 18 nitrogen and oxygen atoms in total. The molecule has 2 bridgehead atoms. The van der Waals surface area contributed by atoms with Crippen LogP contribution in [0.3, 0.4) is 0 Å². The van der Waals surface area contributed by atoms with Gasteiger partial charge >= 0.3 is 6.09 Å². The summed E-state index contributed by atoms with van der Waals surface area (Å²) in [5.41, 5.74) is 1.46. The number of fused-ring (bicyclic) bond motifs is 4. The molecule has 2 aliphatic carbocycles. The highest BCUT2D eigenvalue weighted by atomic mass is 19.1. The van der Waals surface area contributed by atoms with Crippen LogP contribution in [0.25, 0.3) is 10.8 Å². The SMILES string of the molecule is CC(C)(C)OC(=O)N(CC(=O)N1CCCC(c2cccc(C(=O)N[C@@H](C(=O)N3CC4CCC3CC4CN3CCN(CC(=O)N4CCN(C(=O)c5cc(Cc6n[nH]c(=O)c7ccccc67)ccc5F)CC4)CC3)C3CCCCC3)c2)C1)Cc1ccc(F)cc1F. The fraction of sp³-hybridized carbons (Fsp3) is 0.529. The predicted molar refractivity (Wildman–Crippen MR) is 329 cm³/mol. The van der Waals surface area contributed by atoms with Gasteiger partial charge in [-0.1, -0.05) is 61.7 Å². The average molecular weight is 1230 g/mol. The van der Waals surface area contributed by atoms with Gasteiger partial charge in [-0.2, -0.15) is 5.10 Å². The largest absolute Gasteiger partial charge is 0.444 e. The lowest BCUT2D eigenvalue weighted by Gasteiger charge is -2.52. The van der Waals surface area contributed by atoms with Gasteiger partial charge < -0.3 is 34.6 Å². The Hall–Kier alpha value is -7.65. The molecule has 21 heteroatoms. The summed E-state index contributed by atoms with van der Waals surface area (Å²) in [6.07, 6.45) is 8.68. The van der Waals surface area contributed by atoms with Crippen molar-refractivity contribution in [2.75, 3.05) is 91.6 Å². The number of H-pyrrole nitrogens is 1. The van der Waals surface area contributed by atoms with E-state index in [1.54, 1.807) is 65.8 Å². The number of hydrogen-bond donors (Lipinski definition) is 2. The molecule has 4 aromatic carbocycles. The number of carbonyl (C=O) groups excluding carboxylic acids is 6. The van der Waals surface area contributed by atoms with Gasteiger partial charge in [0.2, 0.25) is 17.7 Å². The summed E-state index contributed by atoms with van der Waals surface area (Å²) < 4.78 is 49.4. The molecule has 7 aliphatic rings. The molecule has 4 unspecified atom stereocenters. The zero-order chi connectivity index (χ0) is 62.5. The Labute approximate surface area is 518 Å². The molecule has 6 heterocycles. The van der Waals surface area contributed by atoms with E-state index >= 15 is 4.39 Å². The number of likely N-dealkylation sites (tertiary alicyclic amines) is 1. The molecular formula is C68H83F3N10O8. The number of piperidine rings is 3. The van der Waals surface area contributed by atoms with Crippen LogP contribution < -0.4 is 10.9 Å². The molecular weight excluding hydrogens is 1140 g/mol. The molecule has 5 aromatic rings. The zero-order valence-electron chi connectivity index (χ0n) is 51.4. The summed E-state index contributed by atoms with van der Waals surface area (Å²) in [7, 11) is 0. The maximum Gasteiger partial charge on any atom is 0.411 e. The van der Waals surface area contributed by atoms with Crippen molar-refractivity contribution in [1.29, 1.82) is 0 Å². The number of ether oxygens (including phenoxy) is 1. The van der Waals surface area contributed by atoms with Gasteiger partial charge in [-0.3, -0.25) is 38.6 Å². The van der Waals surface area contributed by atoms with Crippen molar-refractivity contribution in [2.24, 2.45) is 17.8 Å². The lowest BCUT2D eigenvalue weighted by Crippen LogP contribution is -2.62. The van der Waals surface area contributed by atoms with E-state index in [1.807, 2.05) is 30.3 Å². The lowest BCUT2D eigenvalue weighted by molar-refractivity contribution is -0.145. The fourth-order valence-electron chi connectivity index (χ4n) is 14.4. The molecule has 7 fully saturated rings. The molecule has 474 valence electrons. The van der Waals surface area contributed by atoms with Gasteiger partial charge in [-0.15, -0.1) is 0 Å². The van der Waals surface area contributed by atoms with Gasteiger partial charge in [0.15, 0.2) is 0 Å². The van der Waals surface area contributed by atoms with E-state index in [2.05, 4.69) is 30.2 Å². The van der Waals surface area contributed by atoms with Crippen molar-refractivity contribution < 1.29 is 46.7 Å². The number of rotatable bonds is 16. The van der Waals surface area contributed by atoms with Crippen molar-refractivity contribution >= 4 is 46.4 Å². The summed E-state index contributed by atoms with van der Waals surface area (Å²) >= 11 is 0. The van der Waals surface area contributed by atoms with E-state index in [1.165, 1.54) is 12.1 Å². The van der Waals surface area contributed by atoms with E-state index in [9.17, 15) is 42.3 Å². The molecule has 2 N–H and O–H groups in total. The third-order valence-electron chi connectivity index (χ3n) is 19.3. The van der Waals surface area contributed by atoms with Crippen LogP contribution in [-0.2, 0) is 32.1 Å². The number of aromatic nitrogens is 2. The normalized spacial score (nSPS) is 21.6. The number of nitrogens with one attached hydrogen (secondary N) is 2. The zero-order valence-corrected chi connectivity index (χ0v) is 51.4. The first-order valence-corrected chi connectivity index (χ1v) is 32.0. The van der Waals surface area contributed by atoms with E-state index in [-0.39, 0.29) is 90.9 Å². The predicted octanol–water partition coefficient (Wildman–Crippen LogP) is 7.98. The topological polar surface area (TPSA) is 192 Å². The second-order valence-electron chi connectivity index (χ2n) is 26.5. The molecule has 1 aromatic heterocycles. The first-order chi connectivity index (χ1) is 42.8. The fourth-order valence-corrected chi connectivity index (χ4v) is 14.4. The second-order valence-corrected chi connectivity index (χ2v) is 26.5. The molecule has 5 atom stereocenters. The number of nitrogens with zero attached hydrogens (tertiary/aromatic N) is 8. The van der Waals surface area contributed by atoms with Crippen LogP contribution in [0.4, 0.5) is 18.0 Å². The molecule has 0 spiro atoms. The van der Waals surface area contributed by atoms with Crippen LogP contribution in [-0.4, -0.2) is 189 Å². The minimum absolute atomic E-state index is 0.0103. The molecule has 12 rings (SSSR count). The number of amides is 6. The first-order valence-electron chi connectivity index (χ1n) is 32.0. The molecule has 89 heavy (non-hydrogen) atoms. The van der Waals surface area contributed by atoms with Crippen molar-refractivity contribution in [3.8, 4) is 0 Å². The second kappa shape index (κ2) is 27.6. The van der Waals surface area contributed by atoms with Crippen LogP contribution in [0.15, 0.2) is 89.7 Å². The highest BCUT2D eigenvalue weighted by molar-refractivity contribution is 5.98. The average Bonchev–Trinajstić information content (AvgIpc) is 2.61. The maximum atomic E-state index is 15.2. The van der Waals surface area contributed by atoms with Gasteiger partial charge in [0.05, 0.1) is 29.7 Å². The van der Waals surface area contributed by atoms with E-state index in [4.69, 9.17) is 4.74 Å². The molecule has 5 aliphatic heterocycles. The number of hydrogen-bond acceptors (Lipinski definition) is 11. The number of carbonyl (C=O) groups is 6. The minimum atomic E-state index is -0.882. The van der Waals surface area contributed by atoms with Crippen LogP contribution >= 0.6 is 0 Å². The molecule has 6 amide bonds. The number of aromatic amines is 1. The Kier molecular flexibility index (Phi) is 19.5. The van der Waals surface area contributed by atoms with Gasteiger partial charge in [0.25, 0.3) is 17.4 Å². The Balaban J connectivity index is 0.644. The Morgan fingerprint density at radius 1 is 0.719 bits per heavy atom. The van der Waals surface area contributed by atoms with Gasteiger partial charge in [-0.05, 0) is 131 Å². The Morgan fingerprint density at radius 2 is 1.46 bits per heavy atom. The standard InChI is InChI=1S/C68H83F3N10O8/c1-68(2,3)89-67(88)80(40-50-19-21-52(69)37-58(50)71)43-61(83)79-24-10-15-48(39-79)46-13-9-14-47(35-46)63(84)72-62(45-11-5-4-6-12-45)66(87)81-41-49-20-22-53(81)36-51(49)38-75-25-27-76(28-26-75)42-60(82)77-29-31-78(32-30-77)65(86)56-33-44(18-23-57(56)70)34-59-54-16-7-8-17-55(54)64(85)74-73-59/h7-9,13-14,16-19,21,23,33,35,37,45,48-49,51,53,62H,4-6,10-12,15,20,22,24-32,34,36,38-43H2,1-3H3,(H,72,84)(H,74,85)/t48?,49?,51?,53?,62-/m1/s1. The number of benzene rings is 4. The van der Waals surface area contributed by atoms with E-state index in [0.29, 0.717) is 85.0 Å². The highest BCUT2D eigenvalue weighted by Gasteiger charge is 2.46. The summed E-state index contributed by atoms with van der Waals surface area (Å²) in [6.45, 7) is 11.6. The first kappa shape index (κ1) is 62.9. The number of halogens is 3. The highest BCUT2D eigenvalue weighted by Crippen LogP contribution is 2.41. The van der Waals surface area contributed by atoms with E-state index < -0.39 is 41.1 Å². The third-order valence-corrected chi connectivity index (χ3v) is 19.3. The summed E-state index contributed by atoms with van der Waals surface area (Å²) in [5, 5.41) is 11.2. The summed E-state index contributed by atoms with van der Waals surface area (Å²) in [6, 6.07) is 21.6. The van der Waals surface area contributed by atoms with Crippen molar-refractivity contribution in [3.63, 3.8) is 0 Å². The Bertz CT molecular complexity index is 3480. The summed E-state index contributed by atoms with van der Waals surface area (Å²) in [5.74, 6) is -2.57. The van der Waals surface area contributed by atoms with Crippen molar-refractivity contribution in [3.05, 3.63) is 146 Å².